The lowest BCUT2D eigenvalue weighted by molar-refractivity contribution is -0.108. The van der Waals surface area contributed by atoms with E-state index in [1.165, 1.54) is 0 Å². The van der Waals surface area contributed by atoms with Gasteiger partial charge in [-0.1, -0.05) is 30.7 Å². The van der Waals surface area contributed by atoms with E-state index in [1.54, 1.807) is 25.1 Å². The second-order valence-corrected chi connectivity index (χ2v) is 3.01. The van der Waals surface area contributed by atoms with E-state index in [1.807, 2.05) is 0 Å². The van der Waals surface area contributed by atoms with Gasteiger partial charge in [-0.2, -0.15) is 0 Å². The van der Waals surface area contributed by atoms with Gasteiger partial charge >= 0.3 is 0 Å². The topological polar surface area (TPSA) is 37.3 Å². The number of carbonyl (C=O) groups excluding carboxylic acids is 1. The summed E-state index contributed by atoms with van der Waals surface area (Å²) in [7, 11) is 0. The standard InChI is InChI=1S/C9H9ClO2/c1-6(5-11)7-3-2-4-8(10)9(7)12/h2-6,12H,1H3. The molecule has 1 atom stereocenters. The van der Waals surface area contributed by atoms with Gasteiger partial charge in [-0.05, 0) is 6.07 Å². The van der Waals surface area contributed by atoms with Crippen molar-refractivity contribution in [1.82, 2.24) is 0 Å². The van der Waals surface area contributed by atoms with Gasteiger partial charge < -0.3 is 9.90 Å². The fourth-order valence-corrected chi connectivity index (χ4v) is 1.15. The van der Waals surface area contributed by atoms with Crippen LogP contribution in [0.4, 0.5) is 0 Å². The Hall–Kier alpha value is -1.02. The average molecular weight is 185 g/mol. The van der Waals surface area contributed by atoms with Crippen LogP contribution in [-0.4, -0.2) is 11.4 Å². The molecule has 1 N–H and O–H groups in total. The van der Waals surface area contributed by atoms with Gasteiger partial charge in [0, 0.05) is 11.5 Å². The van der Waals surface area contributed by atoms with Crippen molar-refractivity contribution in [1.29, 1.82) is 0 Å². The Balaban J connectivity index is 3.15. The molecule has 0 radical (unpaired) electrons. The van der Waals surface area contributed by atoms with Crippen molar-refractivity contribution in [2.75, 3.05) is 0 Å². The van der Waals surface area contributed by atoms with E-state index in [0.717, 1.165) is 6.29 Å². The second-order valence-electron chi connectivity index (χ2n) is 2.60. The van der Waals surface area contributed by atoms with Crippen molar-refractivity contribution in [3.63, 3.8) is 0 Å². The monoisotopic (exact) mass is 184 g/mol. The fourth-order valence-electron chi connectivity index (χ4n) is 0.973. The lowest BCUT2D eigenvalue weighted by atomic mass is 10.0. The Morgan fingerprint density at radius 1 is 1.58 bits per heavy atom. The SMILES string of the molecule is CC(C=O)c1cccc(Cl)c1O. The van der Waals surface area contributed by atoms with Gasteiger partial charge in [0.05, 0.1) is 5.02 Å². The van der Waals surface area contributed by atoms with Crippen LogP contribution in [0.1, 0.15) is 18.4 Å². The Kier molecular flexibility index (Phi) is 2.71. The first-order chi connectivity index (χ1) is 5.66. The number of hydrogen-bond acceptors (Lipinski definition) is 2. The lowest BCUT2D eigenvalue weighted by Crippen LogP contribution is -1.94. The van der Waals surface area contributed by atoms with Crippen molar-refractivity contribution >= 4 is 17.9 Å². The number of phenolic OH excluding ortho intramolecular Hbond substituents is 1. The number of halogens is 1. The summed E-state index contributed by atoms with van der Waals surface area (Å²) in [4.78, 5) is 10.4. The Labute approximate surface area is 75.8 Å². The maximum Gasteiger partial charge on any atom is 0.138 e. The maximum atomic E-state index is 10.4. The predicted molar refractivity (Wildman–Crippen MR) is 47.6 cm³/mol. The average Bonchev–Trinajstić information content (AvgIpc) is 2.08. The molecule has 1 aromatic carbocycles. The summed E-state index contributed by atoms with van der Waals surface area (Å²) in [5.41, 5.74) is 0.567. The fraction of sp³-hybridized carbons (Fsp3) is 0.222. The third-order valence-electron chi connectivity index (χ3n) is 1.71. The Bertz CT molecular complexity index is 297. The van der Waals surface area contributed by atoms with Crippen LogP contribution in [0, 0.1) is 0 Å². The van der Waals surface area contributed by atoms with E-state index in [9.17, 15) is 9.90 Å². The van der Waals surface area contributed by atoms with Crippen molar-refractivity contribution in [3.05, 3.63) is 28.8 Å². The molecule has 0 aromatic heterocycles. The van der Waals surface area contributed by atoms with Crippen LogP contribution in [-0.2, 0) is 4.79 Å². The minimum Gasteiger partial charge on any atom is -0.506 e. The van der Waals surface area contributed by atoms with Crippen LogP contribution in [0.2, 0.25) is 5.02 Å². The predicted octanol–water partition coefficient (Wildman–Crippen LogP) is 2.35. The highest BCUT2D eigenvalue weighted by Gasteiger charge is 2.10. The molecular weight excluding hydrogens is 176 g/mol. The van der Waals surface area contributed by atoms with Crippen LogP contribution in [0.25, 0.3) is 0 Å². The summed E-state index contributed by atoms with van der Waals surface area (Å²) in [6.45, 7) is 1.71. The summed E-state index contributed by atoms with van der Waals surface area (Å²) >= 11 is 5.65. The third kappa shape index (κ3) is 1.59. The zero-order valence-electron chi connectivity index (χ0n) is 6.62. The van der Waals surface area contributed by atoms with Crippen LogP contribution >= 0.6 is 11.6 Å². The molecule has 0 aliphatic carbocycles. The zero-order chi connectivity index (χ0) is 9.14. The van der Waals surface area contributed by atoms with Gasteiger partial charge in [-0.15, -0.1) is 0 Å². The smallest absolute Gasteiger partial charge is 0.138 e. The summed E-state index contributed by atoms with van der Waals surface area (Å²) in [6.07, 6.45) is 0.769. The molecule has 64 valence electrons. The Morgan fingerprint density at radius 2 is 2.25 bits per heavy atom. The van der Waals surface area contributed by atoms with Crippen molar-refractivity contribution in [2.24, 2.45) is 0 Å². The van der Waals surface area contributed by atoms with E-state index in [0.29, 0.717) is 5.56 Å². The molecule has 0 aliphatic heterocycles. The minimum atomic E-state index is -0.316. The van der Waals surface area contributed by atoms with Crippen LogP contribution in [0.15, 0.2) is 18.2 Å². The first-order valence-corrected chi connectivity index (χ1v) is 3.97. The van der Waals surface area contributed by atoms with Crippen LogP contribution < -0.4 is 0 Å². The van der Waals surface area contributed by atoms with Crippen LogP contribution in [0.3, 0.4) is 0 Å². The van der Waals surface area contributed by atoms with E-state index < -0.39 is 0 Å². The molecule has 0 aliphatic rings. The molecule has 2 nitrogen and oxygen atoms in total. The van der Waals surface area contributed by atoms with E-state index in [4.69, 9.17) is 11.6 Å². The number of benzene rings is 1. The molecule has 0 spiro atoms. The normalized spacial score (nSPS) is 12.5. The van der Waals surface area contributed by atoms with Crippen molar-refractivity contribution in [3.8, 4) is 5.75 Å². The molecule has 0 amide bonds. The quantitative estimate of drug-likeness (QED) is 0.717. The van der Waals surface area contributed by atoms with Crippen molar-refractivity contribution in [2.45, 2.75) is 12.8 Å². The summed E-state index contributed by atoms with van der Waals surface area (Å²) in [5, 5.41) is 9.69. The third-order valence-corrected chi connectivity index (χ3v) is 2.02. The lowest BCUT2D eigenvalue weighted by Gasteiger charge is -2.07. The van der Waals surface area contributed by atoms with E-state index >= 15 is 0 Å². The van der Waals surface area contributed by atoms with Gasteiger partial charge in [-0.3, -0.25) is 0 Å². The molecule has 0 saturated carbocycles. The first-order valence-electron chi connectivity index (χ1n) is 3.59. The molecule has 0 heterocycles. The molecule has 1 aromatic rings. The number of hydrogen-bond donors (Lipinski definition) is 1. The molecule has 12 heavy (non-hydrogen) atoms. The van der Waals surface area contributed by atoms with Gasteiger partial charge in [0.25, 0.3) is 0 Å². The van der Waals surface area contributed by atoms with Gasteiger partial charge in [0.2, 0.25) is 0 Å². The molecule has 0 saturated heterocycles. The number of phenols is 1. The Morgan fingerprint density at radius 3 is 2.83 bits per heavy atom. The highest BCUT2D eigenvalue weighted by Crippen LogP contribution is 2.31. The highest BCUT2D eigenvalue weighted by atomic mass is 35.5. The molecule has 1 unspecified atom stereocenters. The number of para-hydroxylation sites is 1. The van der Waals surface area contributed by atoms with Crippen molar-refractivity contribution < 1.29 is 9.90 Å². The highest BCUT2D eigenvalue weighted by molar-refractivity contribution is 6.32. The largest absolute Gasteiger partial charge is 0.506 e. The van der Waals surface area contributed by atoms with E-state index in [2.05, 4.69) is 0 Å². The number of aldehydes is 1. The van der Waals surface area contributed by atoms with Gasteiger partial charge in [-0.25, -0.2) is 0 Å². The molecule has 0 bridgehead atoms. The van der Waals surface area contributed by atoms with Crippen LogP contribution in [0.5, 0.6) is 5.75 Å². The van der Waals surface area contributed by atoms with Gasteiger partial charge in [0.1, 0.15) is 12.0 Å². The molecular formula is C9H9ClO2. The molecule has 0 fully saturated rings. The number of carbonyl (C=O) groups is 1. The van der Waals surface area contributed by atoms with E-state index in [-0.39, 0.29) is 16.7 Å². The number of rotatable bonds is 2. The molecule has 1 rings (SSSR count). The second kappa shape index (κ2) is 3.59. The summed E-state index contributed by atoms with van der Waals surface area (Å²) in [6, 6.07) is 4.97. The minimum absolute atomic E-state index is 0.00114. The summed E-state index contributed by atoms with van der Waals surface area (Å²) < 4.78 is 0. The van der Waals surface area contributed by atoms with Gasteiger partial charge in [0.15, 0.2) is 0 Å². The zero-order valence-corrected chi connectivity index (χ0v) is 7.38. The summed E-state index contributed by atoms with van der Waals surface area (Å²) in [5.74, 6) is -0.317. The number of aromatic hydroxyl groups is 1. The molecule has 3 heteroatoms. The maximum absolute atomic E-state index is 10.4. The first kappa shape index (κ1) is 9.07.